The zero-order chi connectivity index (χ0) is 21.3. The Morgan fingerprint density at radius 1 is 1.34 bits per heavy atom. The number of fused-ring (bicyclic) bond motifs is 3. The predicted octanol–water partition coefficient (Wildman–Crippen LogP) is 1.23. The summed E-state index contributed by atoms with van der Waals surface area (Å²) in [5.74, 6) is -1.08. The van der Waals surface area contributed by atoms with Crippen LogP contribution in [0.15, 0.2) is 21.3 Å². The van der Waals surface area contributed by atoms with Crippen LogP contribution in [0.1, 0.15) is 44.7 Å². The van der Waals surface area contributed by atoms with Gasteiger partial charge in [0.2, 0.25) is 0 Å². The second-order valence-corrected chi connectivity index (χ2v) is 7.80. The van der Waals surface area contributed by atoms with E-state index in [1.807, 2.05) is 13.8 Å². The summed E-state index contributed by atoms with van der Waals surface area (Å²) in [4.78, 5) is 35.1. The van der Waals surface area contributed by atoms with Gasteiger partial charge in [0.1, 0.15) is 22.7 Å². The third-order valence-corrected chi connectivity index (χ3v) is 4.99. The van der Waals surface area contributed by atoms with E-state index >= 15 is 0 Å². The first kappa shape index (κ1) is 20.7. The zero-order valence-corrected chi connectivity index (χ0v) is 16.9. The van der Waals surface area contributed by atoms with Crippen molar-refractivity contribution in [2.75, 3.05) is 6.61 Å². The van der Waals surface area contributed by atoms with Gasteiger partial charge in [0, 0.05) is 17.7 Å². The maximum atomic E-state index is 12.1. The van der Waals surface area contributed by atoms with E-state index in [1.54, 1.807) is 19.9 Å². The number of benzene rings is 1. The highest BCUT2D eigenvalue weighted by Gasteiger charge is 2.30. The van der Waals surface area contributed by atoms with Crippen LogP contribution in [0.5, 0.6) is 11.5 Å². The van der Waals surface area contributed by atoms with Crippen LogP contribution in [0.2, 0.25) is 0 Å². The SMILES string of the molecule is CC[C@@H](NC(=O)COc1cc2c(c3oc(=O)cc(C)c13)CCC(C)(C)O2)C(=O)[O-]. The molecule has 1 N–H and O–H groups in total. The smallest absolute Gasteiger partial charge is 0.336 e. The summed E-state index contributed by atoms with van der Waals surface area (Å²) in [7, 11) is 0. The third-order valence-electron chi connectivity index (χ3n) is 4.99. The molecule has 0 bridgehead atoms. The Morgan fingerprint density at radius 2 is 2.07 bits per heavy atom. The Labute approximate surface area is 167 Å². The molecule has 1 aromatic carbocycles. The van der Waals surface area contributed by atoms with Crippen LogP contribution in [0.3, 0.4) is 0 Å². The molecular formula is C21H24NO7-. The Hall–Kier alpha value is -3.03. The molecule has 8 nitrogen and oxygen atoms in total. The first-order valence-corrected chi connectivity index (χ1v) is 9.53. The summed E-state index contributed by atoms with van der Waals surface area (Å²) in [6.07, 6.45) is 1.63. The van der Waals surface area contributed by atoms with E-state index in [2.05, 4.69) is 5.32 Å². The second kappa shape index (κ2) is 7.77. The van der Waals surface area contributed by atoms with Crippen molar-refractivity contribution in [1.29, 1.82) is 0 Å². The molecule has 0 spiro atoms. The average Bonchev–Trinajstić information content (AvgIpc) is 2.62. The number of hydrogen-bond acceptors (Lipinski definition) is 7. The van der Waals surface area contributed by atoms with Crippen molar-refractivity contribution in [2.24, 2.45) is 0 Å². The molecule has 1 aliphatic heterocycles. The highest BCUT2D eigenvalue weighted by atomic mass is 16.5. The van der Waals surface area contributed by atoms with Gasteiger partial charge in [-0.1, -0.05) is 6.92 Å². The van der Waals surface area contributed by atoms with E-state index in [0.29, 0.717) is 34.5 Å². The number of rotatable bonds is 6. The van der Waals surface area contributed by atoms with Crippen LogP contribution in [-0.4, -0.2) is 30.1 Å². The summed E-state index contributed by atoms with van der Waals surface area (Å²) >= 11 is 0. The fourth-order valence-electron chi connectivity index (χ4n) is 3.44. The fourth-order valence-corrected chi connectivity index (χ4v) is 3.44. The number of nitrogens with one attached hydrogen (secondary N) is 1. The zero-order valence-electron chi connectivity index (χ0n) is 16.9. The predicted molar refractivity (Wildman–Crippen MR) is 103 cm³/mol. The minimum Gasteiger partial charge on any atom is -0.548 e. The molecule has 3 rings (SSSR count). The van der Waals surface area contributed by atoms with Gasteiger partial charge in [-0.2, -0.15) is 0 Å². The molecule has 0 fully saturated rings. The molecule has 0 unspecified atom stereocenters. The minimum atomic E-state index is -1.35. The van der Waals surface area contributed by atoms with Gasteiger partial charge < -0.3 is 29.1 Å². The van der Waals surface area contributed by atoms with E-state index in [1.165, 1.54) is 6.07 Å². The lowest BCUT2D eigenvalue weighted by Gasteiger charge is -2.33. The fraction of sp³-hybridized carbons (Fsp3) is 0.476. The number of ether oxygens (including phenoxy) is 2. The molecule has 1 amide bonds. The van der Waals surface area contributed by atoms with E-state index in [0.717, 1.165) is 12.0 Å². The number of aliphatic carboxylic acids is 1. The van der Waals surface area contributed by atoms with E-state index in [9.17, 15) is 19.5 Å². The normalized spacial score (nSPS) is 15.9. The summed E-state index contributed by atoms with van der Waals surface area (Å²) in [5.41, 5.74) is 0.971. The van der Waals surface area contributed by atoms with Crippen LogP contribution in [0.25, 0.3) is 11.0 Å². The van der Waals surface area contributed by atoms with Crippen LogP contribution < -0.4 is 25.5 Å². The number of aryl methyl sites for hydroxylation is 2. The number of carbonyl (C=O) groups is 2. The molecule has 1 aromatic heterocycles. The molecule has 2 heterocycles. The molecule has 156 valence electrons. The van der Waals surface area contributed by atoms with Crippen molar-refractivity contribution in [3.05, 3.63) is 33.7 Å². The number of carboxylic acids is 1. The monoisotopic (exact) mass is 402 g/mol. The lowest BCUT2D eigenvalue weighted by atomic mass is 9.92. The highest BCUT2D eigenvalue weighted by molar-refractivity contribution is 5.92. The van der Waals surface area contributed by atoms with Gasteiger partial charge in [-0.3, -0.25) is 4.79 Å². The lowest BCUT2D eigenvalue weighted by molar-refractivity contribution is -0.308. The van der Waals surface area contributed by atoms with Gasteiger partial charge >= 0.3 is 5.63 Å². The molecule has 0 aliphatic carbocycles. The molecule has 1 aliphatic rings. The van der Waals surface area contributed by atoms with Gasteiger partial charge in [0.25, 0.3) is 5.91 Å². The van der Waals surface area contributed by atoms with Gasteiger partial charge in [-0.05, 0) is 45.6 Å². The summed E-state index contributed by atoms with van der Waals surface area (Å²) in [6.45, 7) is 6.91. The molecule has 2 aromatic rings. The first-order valence-electron chi connectivity index (χ1n) is 9.53. The maximum absolute atomic E-state index is 12.1. The van der Waals surface area contributed by atoms with Crippen molar-refractivity contribution < 1.29 is 28.6 Å². The standard InChI is InChI=1S/C21H25NO7/c1-5-13(20(25)26)22-16(23)10-27-15-9-14-12(6-7-21(3,4)29-14)19-18(15)11(2)8-17(24)28-19/h8-9,13H,5-7,10H2,1-4H3,(H,22,23)(H,25,26)/p-1/t13-/m1/s1. The highest BCUT2D eigenvalue weighted by Crippen LogP contribution is 2.42. The van der Waals surface area contributed by atoms with Gasteiger partial charge in [0.15, 0.2) is 6.61 Å². The van der Waals surface area contributed by atoms with Crippen LogP contribution in [0.4, 0.5) is 0 Å². The number of hydrogen-bond donors (Lipinski definition) is 1. The van der Waals surface area contributed by atoms with Crippen molar-refractivity contribution in [3.63, 3.8) is 0 Å². The van der Waals surface area contributed by atoms with E-state index in [4.69, 9.17) is 13.9 Å². The Kier molecular flexibility index (Phi) is 5.55. The van der Waals surface area contributed by atoms with Crippen LogP contribution in [-0.2, 0) is 16.0 Å². The van der Waals surface area contributed by atoms with Crippen LogP contribution in [0, 0.1) is 6.92 Å². The van der Waals surface area contributed by atoms with E-state index < -0.39 is 30.2 Å². The van der Waals surface area contributed by atoms with Crippen molar-refractivity contribution in [1.82, 2.24) is 5.32 Å². The molecule has 8 heteroatoms. The van der Waals surface area contributed by atoms with Crippen molar-refractivity contribution >= 4 is 22.8 Å². The average molecular weight is 402 g/mol. The second-order valence-electron chi connectivity index (χ2n) is 7.80. The Morgan fingerprint density at radius 3 is 2.72 bits per heavy atom. The topological polar surface area (TPSA) is 118 Å². The lowest BCUT2D eigenvalue weighted by Crippen LogP contribution is -2.48. The number of amides is 1. The molecule has 0 saturated heterocycles. The van der Waals surface area contributed by atoms with Gasteiger partial charge in [0.05, 0.1) is 17.4 Å². The molecule has 0 radical (unpaired) electrons. The van der Waals surface area contributed by atoms with Gasteiger partial charge in [-0.15, -0.1) is 0 Å². The first-order chi connectivity index (χ1) is 13.6. The molecule has 1 atom stereocenters. The Bertz CT molecular complexity index is 1020. The number of carboxylic acid groups (broad SMARTS) is 1. The summed E-state index contributed by atoms with van der Waals surface area (Å²) in [5, 5.41) is 13.9. The van der Waals surface area contributed by atoms with Crippen molar-refractivity contribution in [2.45, 2.75) is 58.6 Å². The number of carbonyl (C=O) groups excluding carboxylic acids is 2. The van der Waals surface area contributed by atoms with Gasteiger partial charge in [-0.25, -0.2) is 4.79 Å². The quantitative estimate of drug-likeness (QED) is 0.722. The van der Waals surface area contributed by atoms with Crippen molar-refractivity contribution in [3.8, 4) is 11.5 Å². The van der Waals surface area contributed by atoms with Crippen LogP contribution >= 0.6 is 0 Å². The Balaban J connectivity index is 1.96. The third kappa shape index (κ3) is 4.36. The molecule has 29 heavy (non-hydrogen) atoms. The largest absolute Gasteiger partial charge is 0.548 e. The van der Waals surface area contributed by atoms with E-state index in [-0.39, 0.29) is 12.0 Å². The minimum absolute atomic E-state index is 0.197. The molecule has 0 saturated carbocycles. The summed E-state index contributed by atoms with van der Waals surface area (Å²) in [6, 6.07) is 1.96. The summed E-state index contributed by atoms with van der Waals surface area (Å²) < 4.78 is 17.2. The maximum Gasteiger partial charge on any atom is 0.336 e. The molecular weight excluding hydrogens is 378 g/mol.